The number of aromatic nitrogens is 3. The Hall–Kier alpha value is -1.73. The van der Waals surface area contributed by atoms with Crippen LogP contribution in [0, 0.1) is 0 Å². The lowest BCUT2D eigenvalue weighted by Gasteiger charge is -2.14. The van der Waals surface area contributed by atoms with E-state index in [4.69, 9.17) is 4.74 Å². The molecule has 0 fully saturated rings. The van der Waals surface area contributed by atoms with E-state index in [1.807, 2.05) is 25.3 Å². The Morgan fingerprint density at radius 2 is 2.22 bits per heavy atom. The number of thiazole rings is 1. The number of amides is 1. The standard InChI is InChI=1S/C16H24N4O2S/c1-6-22-10(2)15-17-11(9-23-15)7-14(21)18-13-8-12(19-20-13)16(3,4)5/h8-10H,6-7H2,1-5H3,(H2,18,19,20,21). The molecule has 0 saturated carbocycles. The van der Waals surface area contributed by atoms with Gasteiger partial charge in [0.25, 0.3) is 0 Å². The number of H-pyrrole nitrogens is 1. The summed E-state index contributed by atoms with van der Waals surface area (Å²) < 4.78 is 5.51. The number of ether oxygens (including phenoxy) is 1. The van der Waals surface area contributed by atoms with Crippen molar-refractivity contribution in [2.24, 2.45) is 0 Å². The highest BCUT2D eigenvalue weighted by molar-refractivity contribution is 7.09. The Labute approximate surface area is 140 Å². The highest BCUT2D eigenvalue weighted by atomic mass is 32.1. The quantitative estimate of drug-likeness (QED) is 0.847. The van der Waals surface area contributed by atoms with E-state index in [-0.39, 0.29) is 23.8 Å². The van der Waals surface area contributed by atoms with E-state index in [0.29, 0.717) is 12.4 Å². The van der Waals surface area contributed by atoms with Crippen LogP contribution >= 0.6 is 11.3 Å². The molecule has 1 atom stereocenters. The predicted octanol–water partition coefficient (Wildman–Crippen LogP) is 3.44. The summed E-state index contributed by atoms with van der Waals surface area (Å²) in [6, 6.07) is 1.86. The fourth-order valence-electron chi connectivity index (χ4n) is 2.03. The van der Waals surface area contributed by atoms with Gasteiger partial charge in [-0.2, -0.15) is 5.10 Å². The van der Waals surface area contributed by atoms with Crippen molar-refractivity contribution in [3.63, 3.8) is 0 Å². The number of hydrogen-bond acceptors (Lipinski definition) is 5. The van der Waals surface area contributed by atoms with Gasteiger partial charge in [-0.1, -0.05) is 20.8 Å². The van der Waals surface area contributed by atoms with E-state index in [0.717, 1.165) is 16.4 Å². The van der Waals surface area contributed by atoms with Crippen LogP contribution in [0.4, 0.5) is 5.82 Å². The summed E-state index contributed by atoms with van der Waals surface area (Å²) in [5.74, 6) is 0.413. The number of anilines is 1. The average molecular weight is 336 g/mol. The van der Waals surface area contributed by atoms with E-state index in [1.54, 1.807) is 0 Å². The molecule has 0 bridgehead atoms. The molecule has 0 aliphatic rings. The Kier molecular flexibility index (Phi) is 5.54. The van der Waals surface area contributed by atoms with Crippen molar-refractivity contribution in [1.82, 2.24) is 15.2 Å². The van der Waals surface area contributed by atoms with Gasteiger partial charge < -0.3 is 10.1 Å². The number of rotatable bonds is 6. The monoisotopic (exact) mass is 336 g/mol. The summed E-state index contributed by atoms with van der Waals surface area (Å²) in [6.07, 6.45) is 0.190. The van der Waals surface area contributed by atoms with Crippen LogP contribution in [0.15, 0.2) is 11.4 Å². The van der Waals surface area contributed by atoms with Gasteiger partial charge in [0.1, 0.15) is 11.1 Å². The van der Waals surface area contributed by atoms with Crippen molar-refractivity contribution < 1.29 is 9.53 Å². The van der Waals surface area contributed by atoms with E-state index in [2.05, 4.69) is 41.3 Å². The van der Waals surface area contributed by atoms with Crippen LogP contribution in [0.2, 0.25) is 0 Å². The maximum absolute atomic E-state index is 12.1. The summed E-state index contributed by atoms with van der Waals surface area (Å²) in [6.45, 7) is 10.8. The number of hydrogen-bond donors (Lipinski definition) is 2. The van der Waals surface area contributed by atoms with Crippen LogP contribution in [-0.4, -0.2) is 27.7 Å². The summed E-state index contributed by atoms with van der Waals surface area (Å²) in [7, 11) is 0. The van der Waals surface area contributed by atoms with Crippen LogP contribution in [-0.2, 0) is 21.4 Å². The molecule has 2 heterocycles. The molecule has 2 aromatic rings. The zero-order valence-electron chi connectivity index (χ0n) is 14.3. The molecule has 1 unspecified atom stereocenters. The molecule has 7 heteroatoms. The van der Waals surface area contributed by atoms with Gasteiger partial charge in [-0.25, -0.2) is 4.98 Å². The van der Waals surface area contributed by atoms with Crippen molar-refractivity contribution in [3.05, 3.63) is 27.8 Å². The van der Waals surface area contributed by atoms with Crippen molar-refractivity contribution in [2.75, 3.05) is 11.9 Å². The van der Waals surface area contributed by atoms with Gasteiger partial charge in [-0.15, -0.1) is 11.3 Å². The summed E-state index contributed by atoms with van der Waals surface area (Å²) in [5, 5.41) is 12.7. The number of carbonyl (C=O) groups excluding carboxylic acids is 1. The summed E-state index contributed by atoms with van der Waals surface area (Å²) in [5.41, 5.74) is 1.70. The highest BCUT2D eigenvalue weighted by Crippen LogP contribution is 2.23. The second-order valence-corrected chi connectivity index (χ2v) is 7.31. The lowest BCUT2D eigenvalue weighted by molar-refractivity contribution is -0.115. The third kappa shape index (κ3) is 4.87. The zero-order chi connectivity index (χ0) is 17.0. The van der Waals surface area contributed by atoms with Crippen LogP contribution < -0.4 is 5.32 Å². The third-order valence-electron chi connectivity index (χ3n) is 3.33. The van der Waals surface area contributed by atoms with Crippen molar-refractivity contribution in [3.8, 4) is 0 Å². The first-order chi connectivity index (χ1) is 10.8. The minimum absolute atomic E-state index is 0.0325. The SMILES string of the molecule is CCOC(C)c1nc(CC(=O)Nc2cc(C(C)(C)C)[nH]n2)cs1. The molecule has 1 amide bonds. The molecular weight excluding hydrogens is 312 g/mol. The van der Waals surface area contributed by atoms with Gasteiger partial charge in [-0.3, -0.25) is 9.89 Å². The minimum atomic E-state index is -0.127. The molecule has 0 aliphatic carbocycles. The van der Waals surface area contributed by atoms with Crippen LogP contribution in [0.5, 0.6) is 0 Å². The third-order valence-corrected chi connectivity index (χ3v) is 4.38. The first kappa shape index (κ1) is 17.6. The van der Waals surface area contributed by atoms with E-state index >= 15 is 0 Å². The maximum atomic E-state index is 12.1. The Morgan fingerprint density at radius 1 is 1.48 bits per heavy atom. The van der Waals surface area contributed by atoms with E-state index in [1.165, 1.54) is 11.3 Å². The first-order valence-corrected chi connectivity index (χ1v) is 8.59. The fraction of sp³-hybridized carbons (Fsp3) is 0.562. The zero-order valence-corrected chi connectivity index (χ0v) is 15.1. The molecule has 0 saturated heterocycles. The average Bonchev–Trinajstić information content (AvgIpc) is 3.07. The van der Waals surface area contributed by atoms with Crippen LogP contribution in [0.1, 0.15) is 57.1 Å². The minimum Gasteiger partial charge on any atom is -0.372 e. The largest absolute Gasteiger partial charge is 0.372 e. The van der Waals surface area contributed by atoms with Crippen LogP contribution in [0.25, 0.3) is 0 Å². The summed E-state index contributed by atoms with van der Waals surface area (Å²) >= 11 is 1.52. The van der Waals surface area contributed by atoms with E-state index in [9.17, 15) is 4.79 Å². The smallest absolute Gasteiger partial charge is 0.231 e. The molecule has 2 rings (SSSR count). The predicted molar refractivity (Wildman–Crippen MR) is 91.8 cm³/mol. The molecule has 0 aliphatic heterocycles. The Bertz CT molecular complexity index is 657. The molecule has 2 N–H and O–H groups in total. The van der Waals surface area contributed by atoms with Gasteiger partial charge in [0.2, 0.25) is 5.91 Å². The topological polar surface area (TPSA) is 79.9 Å². The number of nitrogens with one attached hydrogen (secondary N) is 2. The van der Waals surface area contributed by atoms with Gasteiger partial charge in [0.05, 0.1) is 12.1 Å². The van der Waals surface area contributed by atoms with Gasteiger partial charge >= 0.3 is 0 Å². The Balaban J connectivity index is 1.93. The fourth-order valence-corrected chi connectivity index (χ4v) is 2.86. The molecular formula is C16H24N4O2S. The molecule has 0 radical (unpaired) electrons. The van der Waals surface area contributed by atoms with Crippen molar-refractivity contribution in [2.45, 2.75) is 52.6 Å². The van der Waals surface area contributed by atoms with Crippen molar-refractivity contribution >= 4 is 23.1 Å². The lowest BCUT2D eigenvalue weighted by atomic mass is 9.92. The number of carbonyl (C=O) groups is 1. The maximum Gasteiger partial charge on any atom is 0.231 e. The van der Waals surface area contributed by atoms with Gasteiger partial charge in [0, 0.05) is 29.2 Å². The van der Waals surface area contributed by atoms with Crippen molar-refractivity contribution in [1.29, 1.82) is 0 Å². The normalized spacial score (nSPS) is 13.1. The lowest BCUT2D eigenvalue weighted by Crippen LogP contribution is -2.15. The summed E-state index contributed by atoms with van der Waals surface area (Å²) in [4.78, 5) is 16.6. The van der Waals surface area contributed by atoms with Crippen LogP contribution in [0.3, 0.4) is 0 Å². The van der Waals surface area contributed by atoms with E-state index < -0.39 is 0 Å². The molecule has 0 spiro atoms. The first-order valence-electron chi connectivity index (χ1n) is 7.71. The van der Waals surface area contributed by atoms with Gasteiger partial charge in [-0.05, 0) is 13.8 Å². The second kappa shape index (κ2) is 7.23. The molecule has 23 heavy (non-hydrogen) atoms. The molecule has 126 valence electrons. The molecule has 0 aromatic carbocycles. The Morgan fingerprint density at radius 3 is 2.83 bits per heavy atom. The highest BCUT2D eigenvalue weighted by Gasteiger charge is 2.18. The number of aromatic amines is 1. The number of nitrogens with zero attached hydrogens (tertiary/aromatic N) is 2. The molecule has 2 aromatic heterocycles. The molecule has 6 nitrogen and oxygen atoms in total. The van der Waals surface area contributed by atoms with Gasteiger partial charge in [0.15, 0.2) is 5.82 Å². The second-order valence-electron chi connectivity index (χ2n) is 6.42.